The van der Waals surface area contributed by atoms with Gasteiger partial charge in [-0.05, 0) is 135 Å². The summed E-state index contributed by atoms with van der Waals surface area (Å²) < 4.78 is 6.80. The van der Waals surface area contributed by atoms with Crippen LogP contribution >= 0.6 is 0 Å². The lowest BCUT2D eigenvalue weighted by Gasteiger charge is -2.34. The smallest absolute Gasteiger partial charge is 0.306 e. The molecule has 0 amide bonds. The van der Waals surface area contributed by atoms with Crippen LogP contribution in [0.2, 0.25) is 0 Å². The summed E-state index contributed by atoms with van der Waals surface area (Å²) in [6.45, 7) is 10.6. The number of ether oxygens (including phenoxy) is 1. The number of carboxylic acids is 1. The fourth-order valence-corrected chi connectivity index (χ4v) is 7.01. The van der Waals surface area contributed by atoms with Crippen molar-refractivity contribution in [2.45, 2.75) is 90.3 Å². The van der Waals surface area contributed by atoms with Crippen LogP contribution in [0.3, 0.4) is 0 Å². The summed E-state index contributed by atoms with van der Waals surface area (Å²) in [6, 6.07) is 17.6. The van der Waals surface area contributed by atoms with Gasteiger partial charge in [0.1, 0.15) is 11.9 Å². The number of pyridine rings is 1. The molecular weight excluding hydrogens is 496 g/mol. The van der Waals surface area contributed by atoms with Crippen molar-refractivity contribution in [2.24, 2.45) is 11.8 Å². The first-order valence-electron chi connectivity index (χ1n) is 15.0. The molecule has 0 radical (unpaired) electrons. The first-order valence-corrected chi connectivity index (χ1v) is 15.0. The van der Waals surface area contributed by atoms with Crippen LogP contribution in [0.25, 0.3) is 11.1 Å². The number of fused-ring (bicyclic) bond motifs is 1. The van der Waals surface area contributed by atoms with E-state index in [0.29, 0.717) is 5.92 Å². The van der Waals surface area contributed by atoms with Crippen LogP contribution in [0.4, 0.5) is 0 Å². The number of rotatable bonds is 8. The van der Waals surface area contributed by atoms with Gasteiger partial charge in [-0.3, -0.25) is 14.7 Å². The Labute approximate surface area is 238 Å². The zero-order chi connectivity index (χ0) is 28.0. The summed E-state index contributed by atoms with van der Waals surface area (Å²) in [4.78, 5) is 18.9. The molecule has 1 N–H and O–H groups in total. The van der Waals surface area contributed by atoms with Gasteiger partial charge >= 0.3 is 5.97 Å². The normalized spacial score (nSPS) is 21.9. The Balaban J connectivity index is 1.33. The van der Waals surface area contributed by atoms with Gasteiger partial charge in [-0.25, -0.2) is 0 Å². The number of carboxylic acid groups (broad SMARTS) is 1. The molecular formula is C35H42N2O3. The van der Waals surface area contributed by atoms with E-state index >= 15 is 0 Å². The molecule has 1 aromatic heterocycles. The Morgan fingerprint density at radius 2 is 1.90 bits per heavy atom. The molecule has 2 aromatic carbocycles. The van der Waals surface area contributed by atoms with Crippen molar-refractivity contribution in [3.8, 4) is 16.9 Å². The molecule has 40 heavy (non-hydrogen) atoms. The first kappa shape index (κ1) is 27.0. The summed E-state index contributed by atoms with van der Waals surface area (Å²) >= 11 is 0. The molecule has 1 saturated heterocycles. The molecule has 5 heteroatoms. The van der Waals surface area contributed by atoms with Gasteiger partial charge in [-0.1, -0.05) is 31.2 Å². The summed E-state index contributed by atoms with van der Waals surface area (Å²) in [5, 5.41) is 9.79. The topological polar surface area (TPSA) is 62.7 Å². The molecule has 1 aliphatic carbocycles. The van der Waals surface area contributed by atoms with E-state index in [2.05, 4.69) is 72.3 Å². The lowest BCUT2D eigenvalue weighted by molar-refractivity contribution is -0.142. The van der Waals surface area contributed by atoms with E-state index in [1.165, 1.54) is 40.7 Å². The number of aliphatic carboxylic acids is 1. The molecule has 3 aliphatic rings. The van der Waals surface area contributed by atoms with E-state index in [4.69, 9.17) is 4.74 Å². The highest BCUT2D eigenvalue weighted by Gasteiger charge is 2.39. The minimum absolute atomic E-state index is 0.0204. The van der Waals surface area contributed by atoms with Crippen LogP contribution in [0.5, 0.6) is 5.75 Å². The molecule has 3 atom stereocenters. The minimum Gasteiger partial charge on any atom is -0.485 e. The number of benzene rings is 2. The van der Waals surface area contributed by atoms with Crippen LogP contribution in [0.1, 0.15) is 92.8 Å². The number of likely N-dealkylation sites (tertiary alicyclic amines) is 1. The Morgan fingerprint density at radius 3 is 2.60 bits per heavy atom. The fraction of sp³-hybridized carbons (Fsp3) is 0.486. The molecule has 3 heterocycles. The summed E-state index contributed by atoms with van der Waals surface area (Å²) in [5.41, 5.74) is 8.56. The lowest BCUT2D eigenvalue weighted by atomic mass is 9.82. The number of aryl methyl sites for hydroxylation is 2. The quantitative estimate of drug-likeness (QED) is 0.318. The fourth-order valence-electron chi connectivity index (χ4n) is 7.01. The van der Waals surface area contributed by atoms with Gasteiger partial charge in [0.05, 0.1) is 5.92 Å². The number of nitrogens with zero attached hydrogens (tertiary/aromatic N) is 2. The van der Waals surface area contributed by atoms with Crippen molar-refractivity contribution in [3.05, 3.63) is 82.7 Å². The van der Waals surface area contributed by atoms with Gasteiger partial charge in [-0.2, -0.15) is 0 Å². The summed E-state index contributed by atoms with van der Waals surface area (Å²) in [7, 11) is 0. The molecule has 1 unspecified atom stereocenters. The van der Waals surface area contributed by atoms with E-state index in [9.17, 15) is 9.90 Å². The SMILES string of the molecule is Cc1cc(-c2ccc(C3CCc4ccc([C@H](C5CC5)[C@H](C)C(=O)O)cc4O3)c(CN3CCCC3(C)C)c2)ccn1. The van der Waals surface area contributed by atoms with Crippen molar-refractivity contribution in [2.75, 3.05) is 6.54 Å². The van der Waals surface area contributed by atoms with E-state index in [1.54, 1.807) is 0 Å². The zero-order valence-electron chi connectivity index (χ0n) is 24.3. The molecule has 1 saturated carbocycles. The first-order chi connectivity index (χ1) is 19.2. The summed E-state index contributed by atoms with van der Waals surface area (Å²) in [6.07, 6.45) is 8.45. The third kappa shape index (κ3) is 5.41. The van der Waals surface area contributed by atoms with Crippen molar-refractivity contribution in [3.63, 3.8) is 0 Å². The Bertz CT molecular complexity index is 1410. The zero-order valence-corrected chi connectivity index (χ0v) is 24.3. The maximum absolute atomic E-state index is 11.9. The van der Waals surface area contributed by atoms with Gasteiger partial charge in [0.15, 0.2) is 0 Å². The Kier molecular flexibility index (Phi) is 7.20. The van der Waals surface area contributed by atoms with Crippen molar-refractivity contribution >= 4 is 5.97 Å². The van der Waals surface area contributed by atoms with Gasteiger partial charge in [0.25, 0.3) is 0 Å². The maximum atomic E-state index is 11.9. The van der Waals surface area contributed by atoms with E-state index < -0.39 is 11.9 Å². The second kappa shape index (κ2) is 10.7. The van der Waals surface area contributed by atoms with E-state index in [-0.39, 0.29) is 17.6 Å². The Morgan fingerprint density at radius 1 is 1.10 bits per heavy atom. The van der Waals surface area contributed by atoms with E-state index in [0.717, 1.165) is 55.8 Å². The molecule has 6 rings (SSSR count). The minimum atomic E-state index is -0.715. The second-order valence-corrected chi connectivity index (χ2v) is 12.9. The monoisotopic (exact) mass is 538 g/mol. The van der Waals surface area contributed by atoms with Crippen molar-refractivity contribution < 1.29 is 14.6 Å². The molecule has 5 nitrogen and oxygen atoms in total. The molecule has 0 spiro atoms. The molecule has 210 valence electrons. The highest BCUT2D eigenvalue weighted by atomic mass is 16.5. The molecule has 0 bridgehead atoms. The highest BCUT2D eigenvalue weighted by molar-refractivity contribution is 5.71. The van der Waals surface area contributed by atoms with Crippen LogP contribution in [-0.4, -0.2) is 33.0 Å². The maximum Gasteiger partial charge on any atom is 0.306 e. The van der Waals surface area contributed by atoms with Crippen LogP contribution in [0, 0.1) is 18.8 Å². The number of aromatic nitrogens is 1. The third-order valence-electron chi connectivity index (χ3n) is 9.63. The molecule has 3 aromatic rings. The highest BCUT2D eigenvalue weighted by Crippen LogP contribution is 2.48. The lowest BCUT2D eigenvalue weighted by Crippen LogP contribution is -2.37. The average Bonchev–Trinajstić information content (AvgIpc) is 3.71. The largest absolute Gasteiger partial charge is 0.485 e. The van der Waals surface area contributed by atoms with Crippen LogP contribution in [-0.2, 0) is 17.8 Å². The van der Waals surface area contributed by atoms with Gasteiger partial charge in [0.2, 0.25) is 0 Å². The predicted molar refractivity (Wildman–Crippen MR) is 159 cm³/mol. The van der Waals surface area contributed by atoms with Gasteiger partial charge in [0, 0.05) is 24.0 Å². The van der Waals surface area contributed by atoms with Gasteiger partial charge < -0.3 is 9.84 Å². The van der Waals surface area contributed by atoms with Gasteiger partial charge in [-0.15, -0.1) is 0 Å². The number of carbonyl (C=O) groups is 1. The standard InChI is InChI=1S/C35H42N2O3/c1-22-18-27(14-16-36-22)26-10-12-30(29(19-26)21-37-17-5-15-35(37,3)4)31-13-11-24-6-9-28(20-32(24)40-31)33(25-7-8-25)23(2)34(38)39/h6,9-10,12,14,16,18-20,23,25,31,33H,5,7-8,11,13,15,17,21H2,1-4H3,(H,38,39)/t23-,31?,33-/m0/s1. The summed E-state index contributed by atoms with van der Waals surface area (Å²) in [5.74, 6) is 0.321. The average molecular weight is 539 g/mol. The van der Waals surface area contributed by atoms with Crippen molar-refractivity contribution in [1.82, 2.24) is 9.88 Å². The molecule has 2 fully saturated rings. The van der Waals surface area contributed by atoms with Crippen LogP contribution in [0.15, 0.2) is 54.7 Å². The van der Waals surface area contributed by atoms with E-state index in [1.807, 2.05) is 20.0 Å². The predicted octanol–water partition coefficient (Wildman–Crippen LogP) is 7.71. The number of hydrogen-bond donors (Lipinski definition) is 1. The van der Waals surface area contributed by atoms with Crippen LogP contribution < -0.4 is 4.74 Å². The number of hydrogen-bond acceptors (Lipinski definition) is 4. The third-order valence-corrected chi connectivity index (χ3v) is 9.63. The van der Waals surface area contributed by atoms with Crippen molar-refractivity contribution in [1.29, 1.82) is 0 Å². The molecule has 2 aliphatic heterocycles. The Hall–Kier alpha value is -3.18. The second-order valence-electron chi connectivity index (χ2n) is 12.9.